The van der Waals surface area contributed by atoms with Crippen molar-refractivity contribution in [1.82, 2.24) is 0 Å². The highest BCUT2D eigenvalue weighted by molar-refractivity contribution is 7.14. The van der Waals surface area contributed by atoms with E-state index in [0.717, 1.165) is 10.6 Å². The number of hydrogen-bond acceptors (Lipinski definition) is 4. The van der Waals surface area contributed by atoms with Crippen molar-refractivity contribution < 1.29 is 9.90 Å². The zero-order chi connectivity index (χ0) is 16.4. The molecule has 0 bridgehead atoms. The molecule has 0 aliphatic rings. The van der Waals surface area contributed by atoms with E-state index in [4.69, 9.17) is 5.11 Å². The van der Waals surface area contributed by atoms with Gasteiger partial charge in [0.05, 0.1) is 11.5 Å². The molecule has 1 unspecified atom stereocenters. The van der Waals surface area contributed by atoms with E-state index in [1.54, 1.807) is 6.92 Å². The van der Waals surface area contributed by atoms with Gasteiger partial charge in [-0.1, -0.05) is 27.7 Å². The van der Waals surface area contributed by atoms with Gasteiger partial charge in [0.15, 0.2) is 0 Å². The highest BCUT2D eigenvalue weighted by Crippen LogP contribution is 2.38. The first-order chi connectivity index (χ1) is 9.59. The summed E-state index contributed by atoms with van der Waals surface area (Å²) in [4.78, 5) is 13.1. The van der Waals surface area contributed by atoms with Crippen LogP contribution in [0.4, 0.5) is 5.00 Å². The van der Waals surface area contributed by atoms with Crippen LogP contribution < -0.4 is 4.90 Å². The van der Waals surface area contributed by atoms with Gasteiger partial charge in [0.25, 0.3) is 0 Å². The van der Waals surface area contributed by atoms with Crippen molar-refractivity contribution in [2.45, 2.75) is 53.0 Å². The second-order valence-corrected chi connectivity index (χ2v) is 7.53. The molecule has 1 aromatic heterocycles. The van der Waals surface area contributed by atoms with Crippen molar-refractivity contribution in [3.05, 3.63) is 16.5 Å². The maximum absolute atomic E-state index is 11.1. The molecular weight excluding hydrogens is 284 g/mol. The van der Waals surface area contributed by atoms with Gasteiger partial charge in [-0.05, 0) is 30.2 Å². The summed E-state index contributed by atoms with van der Waals surface area (Å²) >= 11 is 1.53. The Morgan fingerprint density at radius 3 is 2.38 bits per heavy atom. The van der Waals surface area contributed by atoms with Crippen molar-refractivity contribution in [3.8, 4) is 6.07 Å². The summed E-state index contributed by atoms with van der Waals surface area (Å²) in [5, 5.41) is 21.6. The van der Waals surface area contributed by atoms with Gasteiger partial charge in [0, 0.05) is 12.6 Å². The van der Waals surface area contributed by atoms with Gasteiger partial charge >= 0.3 is 5.97 Å². The largest absolute Gasteiger partial charge is 0.481 e. The molecule has 0 fully saturated rings. The number of carboxylic acids is 1. The molecule has 21 heavy (non-hydrogen) atoms. The van der Waals surface area contributed by atoms with Crippen molar-refractivity contribution in [1.29, 1.82) is 5.26 Å². The van der Waals surface area contributed by atoms with Crippen LogP contribution in [0.2, 0.25) is 0 Å². The van der Waals surface area contributed by atoms with E-state index in [1.807, 2.05) is 24.1 Å². The second-order valence-electron chi connectivity index (χ2n) is 6.68. The molecule has 0 aliphatic heterocycles. The lowest BCUT2D eigenvalue weighted by Gasteiger charge is -2.30. The van der Waals surface area contributed by atoms with Crippen molar-refractivity contribution in [3.63, 3.8) is 0 Å². The molecule has 1 aromatic rings. The lowest BCUT2D eigenvalue weighted by molar-refractivity contribution is -0.140. The molecule has 1 rings (SSSR count). The van der Waals surface area contributed by atoms with Crippen molar-refractivity contribution >= 4 is 22.3 Å². The molecule has 0 amide bonds. The lowest BCUT2D eigenvalue weighted by atomic mass is 9.86. The van der Waals surface area contributed by atoms with Crippen LogP contribution in [0.15, 0.2) is 5.38 Å². The molecule has 4 nitrogen and oxygen atoms in total. The first-order valence-corrected chi connectivity index (χ1v) is 7.99. The Kier molecular flexibility index (Phi) is 5.41. The number of thiophene rings is 1. The summed E-state index contributed by atoms with van der Waals surface area (Å²) in [5.41, 5.74) is 1.61. The first kappa shape index (κ1) is 17.5. The Labute approximate surface area is 131 Å². The quantitative estimate of drug-likeness (QED) is 0.897. The first-order valence-electron chi connectivity index (χ1n) is 7.11. The fraction of sp³-hybridized carbons (Fsp3) is 0.625. The minimum atomic E-state index is -0.813. The molecule has 0 saturated heterocycles. The minimum Gasteiger partial charge on any atom is -0.481 e. The molecule has 0 aromatic carbocycles. The molecule has 116 valence electrons. The zero-order valence-electron chi connectivity index (χ0n) is 13.6. The second kappa shape index (κ2) is 6.48. The SMILES string of the molecule is CC(CN(c1scc(C(C)(C)C)c1C#N)C(C)C)C(=O)O. The molecule has 0 radical (unpaired) electrons. The molecule has 0 aliphatic carbocycles. The smallest absolute Gasteiger partial charge is 0.308 e. The predicted molar refractivity (Wildman–Crippen MR) is 87.0 cm³/mol. The van der Waals surface area contributed by atoms with Gasteiger partial charge in [-0.25, -0.2) is 0 Å². The van der Waals surface area contributed by atoms with E-state index in [-0.39, 0.29) is 11.5 Å². The topological polar surface area (TPSA) is 64.3 Å². The van der Waals surface area contributed by atoms with Gasteiger partial charge in [-0.3, -0.25) is 4.79 Å². The summed E-state index contributed by atoms with van der Waals surface area (Å²) < 4.78 is 0. The number of nitriles is 1. The third kappa shape index (κ3) is 3.98. The maximum Gasteiger partial charge on any atom is 0.308 e. The Balaban J connectivity index is 3.25. The normalized spacial score (nSPS) is 13.0. The van der Waals surface area contributed by atoms with Crippen LogP contribution in [0.3, 0.4) is 0 Å². The molecule has 1 N–H and O–H groups in total. The predicted octanol–water partition coefficient (Wildman–Crippen LogP) is 3.85. The van der Waals surface area contributed by atoms with Gasteiger partial charge < -0.3 is 10.0 Å². The summed E-state index contributed by atoms with van der Waals surface area (Å²) in [7, 11) is 0. The average molecular weight is 308 g/mol. The number of rotatable bonds is 5. The van der Waals surface area contributed by atoms with Gasteiger partial charge in [-0.2, -0.15) is 5.26 Å². The molecule has 1 atom stereocenters. The van der Waals surface area contributed by atoms with Crippen molar-refractivity contribution in [2.24, 2.45) is 5.92 Å². The van der Waals surface area contributed by atoms with E-state index in [0.29, 0.717) is 12.1 Å². The van der Waals surface area contributed by atoms with Crippen LogP contribution in [0.25, 0.3) is 0 Å². The lowest BCUT2D eigenvalue weighted by Crippen LogP contribution is -2.37. The fourth-order valence-electron chi connectivity index (χ4n) is 2.12. The number of carboxylic acid groups (broad SMARTS) is 1. The van der Waals surface area contributed by atoms with Crippen LogP contribution in [0, 0.1) is 17.2 Å². The van der Waals surface area contributed by atoms with Crippen LogP contribution in [-0.2, 0) is 10.2 Å². The fourth-order valence-corrected chi connectivity index (χ4v) is 3.52. The van der Waals surface area contributed by atoms with Crippen molar-refractivity contribution in [2.75, 3.05) is 11.4 Å². The van der Waals surface area contributed by atoms with Gasteiger partial charge in [0.1, 0.15) is 11.1 Å². The summed E-state index contributed by atoms with van der Waals surface area (Å²) in [6, 6.07) is 2.45. The summed E-state index contributed by atoms with van der Waals surface area (Å²) in [6.07, 6.45) is 0. The highest BCUT2D eigenvalue weighted by Gasteiger charge is 2.27. The standard InChI is InChI=1S/C16H24N2O2S/c1-10(2)18(8-11(3)15(19)20)14-12(7-17)13(9-21-14)16(4,5)6/h9-11H,8H2,1-6H3,(H,19,20). The van der Waals surface area contributed by atoms with E-state index in [2.05, 4.69) is 26.8 Å². The molecule has 0 spiro atoms. The third-order valence-electron chi connectivity index (χ3n) is 3.47. The van der Waals surface area contributed by atoms with E-state index >= 15 is 0 Å². The average Bonchev–Trinajstić information content (AvgIpc) is 2.78. The number of carbonyl (C=O) groups is 1. The van der Waals surface area contributed by atoms with Crippen LogP contribution in [-0.4, -0.2) is 23.7 Å². The highest BCUT2D eigenvalue weighted by atomic mass is 32.1. The number of hydrogen-bond donors (Lipinski definition) is 1. The zero-order valence-corrected chi connectivity index (χ0v) is 14.4. The van der Waals surface area contributed by atoms with Gasteiger partial charge in [-0.15, -0.1) is 11.3 Å². The van der Waals surface area contributed by atoms with E-state index in [1.165, 1.54) is 11.3 Å². The Morgan fingerprint density at radius 2 is 2.00 bits per heavy atom. The molecule has 5 heteroatoms. The minimum absolute atomic E-state index is 0.0964. The Morgan fingerprint density at radius 1 is 1.43 bits per heavy atom. The van der Waals surface area contributed by atoms with Gasteiger partial charge in [0.2, 0.25) is 0 Å². The number of nitrogens with zero attached hydrogens (tertiary/aromatic N) is 2. The molecular formula is C16H24N2O2S. The van der Waals surface area contributed by atoms with E-state index < -0.39 is 11.9 Å². The maximum atomic E-state index is 11.1. The summed E-state index contributed by atoms with van der Waals surface area (Å²) in [5.74, 6) is -1.29. The van der Waals surface area contributed by atoms with E-state index in [9.17, 15) is 10.1 Å². The molecule has 0 saturated carbocycles. The number of anilines is 1. The monoisotopic (exact) mass is 308 g/mol. The Hall–Kier alpha value is -1.54. The Bertz CT molecular complexity index is 550. The van der Waals surface area contributed by atoms with Crippen LogP contribution in [0.1, 0.15) is 52.7 Å². The van der Waals surface area contributed by atoms with Crippen LogP contribution >= 0.6 is 11.3 Å². The van der Waals surface area contributed by atoms with Crippen LogP contribution in [0.5, 0.6) is 0 Å². The summed E-state index contributed by atoms with van der Waals surface area (Å²) in [6.45, 7) is 12.4. The molecule has 1 heterocycles. The third-order valence-corrected chi connectivity index (χ3v) is 4.48. The number of aliphatic carboxylic acids is 1.